The summed E-state index contributed by atoms with van der Waals surface area (Å²) in [6.45, 7) is 1.81. The number of halogens is 2. The van der Waals surface area contributed by atoms with E-state index in [-0.39, 0.29) is 23.5 Å². The minimum Gasteiger partial charge on any atom is -0.396 e. The minimum absolute atomic E-state index is 0.0173. The van der Waals surface area contributed by atoms with Crippen molar-refractivity contribution >= 4 is 23.2 Å². The highest BCUT2D eigenvalue weighted by Gasteiger charge is 2.34. The Balaban J connectivity index is 1.56. The smallest absolute Gasteiger partial charge is 0.272 e. The molecule has 0 fully saturated rings. The fourth-order valence-corrected chi connectivity index (χ4v) is 4.10. The van der Waals surface area contributed by atoms with E-state index < -0.39 is 12.2 Å². The maximum Gasteiger partial charge on any atom is 0.272 e. The van der Waals surface area contributed by atoms with Crippen molar-refractivity contribution < 1.29 is 19.4 Å². The lowest BCUT2D eigenvalue weighted by atomic mass is 10.0. The number of fused-ring (bicyclic) bond motifs is 3. The predicted octanol–water partition coefficient (Wildman–Crippen LogP) is 1.12. The molecular formula is C19H23ClFN5O3. The van der Waals surface area contributed by atoms with Gasteiger partial charge in [0.05, 0.1) is 10.7 Å². The second-order valence-electron chi connectivity index (χ2n) is 7.56. The van der Waals surface area contributed by atoms with E-state index in [0.717, 1.165) is 11.3 Å². The third-order valence-corrected chi connectivity index (χ3v) is 5.75. The number of aliphatic hydroxyl groups is 2. The van der Waals surface area contributed by atoms with Crippen LogP contribution in [-0.2, 0) is 19.5 Å². The summed E-state index contributed by atoms with van der Waals surface area (Å²) >= 11 is 5.80. The summed E-state index contributed by atoms with van der Waals surface area (Å²) in [7, 11) is 1.72. The number of rotatable bonds is 4. The van der Waals surface area contributed by atoms with Crippen LogP contribution in [0.25, 0.3) is 0 Å². The topological polar surface area (TPSA) is 93.9 Å². The van der Waals surface area contributed by atoms with Gasteiger partial charge in [-0.1, -0.05) is 11.6 Å². The molecule has 0 radical (unpaired) electrons. The molecule has 156 valence electrons. The fraction of sp³-hybridized carbons (Fsp3) is 0.474. The molecule has 0 spiro atoms. The van der Waals surface area contributed by atoms with E-state index in [1.165, 1.54) is 18.2 Å². The van der Waals surface area contributed by atoms with Gasteiger partial charge in [-0.25, -0.2) is 4.39 Å². The summed E-state index contributed by atoms with van der Waals surface area (Å²) in [5.74, 6) is -0.733. The SMILES string of the molecule is CN1CC(CO)Cn2nc3c(c2C1=O)CN(C(O)Nc1ccc(F)c(Cl)c1)CC3. The molecule has 1 aromatic heterocycles. The van der Waals surface area contributed by atoms with Crippen molar-refractivity contribution in [2.24, 2.45) is 5.92 Å². The van der Waals surface area contributed by atoms with Crippen molar-refractivity contribution in [1.29, 1.82) is 0 Å². The number of nitrogens with one attached hydrogen (secondary N) is 1. The van der Waals surface area contributed by atoms with Gasteiger partial charge in [-0.3, -0.25) is 14.4 Å². The van der Waals surface area contributed by atoms with Crippen molar-refractivity contribution in [3.05, 3.63) is 46.0 Å². The van der Waals surface area contributed by atoms with Gasteiger partial charge in [0.2, 0.25) is 0 Å². The van der Waals surface area contributed by atoms with Crippen LogP contribution < -0.4 is 5.32 Å². The molecule has 10 heteroatoms. The average Bonchev–Trinajstić information content (AvgIpc) is 3.00. The number of carbonyl (C=O) groups excluding carboxylic acids is 1. The zero-order chi connectivity index (χ0) is 20.7. The van der Waals surface area contributed by atoms with E-state index in [9.17, 15) is 19.4 Å². The van der Waals surface area contributed by atoms with Crippen molar-refractivity contribution in [2.75, 3.05) is 32.1 Å². The molecule has 0 aliphatic carbocycles. The first-order valence-corrected chi connectivity index (χ1v) is 9.83. The van der Waals surface area contributed by atoms with E-state index in [0.29, 0.717) is 44.0 Å². The summed E-state index contributed by atoms with van der Waals surface area (Å²) in [5, 5.41) is 27.7. The zero-order valence-electron chi connectivity index (χ0n) is 16.0. The molecule has 0 saturated carbocycles. The highest BCUT2D eigenvalue weighted by molar-refractivity contribution is 6.31. The standard InChI is InChI=1S/C19H23ClFN5O3/c1-24-7-11(10-27)8-26-17(18(24)28)13-9-25(5-4-16(13)23-26)19(29)22-12-2-3-15(21)14(20)6-12/h2-3,6,11,19,22,27,29H,4-5,7-10H2,1H3. The van der Waals surface area contributed by atoms with Gasteiger partial charge in [0.1, 0.15) is 11.5 Å². The fourth-order valence-electron chi connectivity index (χ4n) is 3.92. The molecule has 2 aliphatic heterocycles. The number of benzene rings is 1. The molecule has 0 saturated heterocycles. The summed E-state index contributed by atoms with van der Waals surface area (Å²) in [6.07, 6.45) is -0.456. The summed E-state index contributed by atoms with van der Waals surface area (Å²) < 4.78 is 15.0. The lowest BCUT2D eigenvalue weighted by Crippen LogP contribution is -2.44. The summed E-state index contributed by atoms with van der Waals surface area (Å²) in [5.41, 5.74) is 2.64. The Morgan fingerprint density at radius 3 is 2.93 bits per heavy atom. The van der Waals surface area contributed by atoms with Crippen LogP contribution in [0.1, 0.15) is 21.7 Å². The number of amides is 1. The number of hydrogen-bond acceptors (Lipinski definition) is 6. The van der Waals surface area contributed by atoms with Crippen molar-refractivity contribution in [3.8, 4) is 0 Å². The number of hydrogen-bond donors (Lipinski definition) is 3. The molecule has 3 N–H and O–H groups in total. The molecule has 2 unspecified atom stereocenters. The Kier molecular flexibility index (Phi) is 5.48. The molecule has 4 rings (SSSR count). The lowest BCUT2D eigenvalue weighted by molar-refractivity contribution is 0.0159. The molecule has 0 bridgehead atoms. The van der Waals surface area contributed by atoms with E-state index in [2.05, 4.69) is 10.4 Å². The Hall–Kier alpha value is -2.20. The van der Waals surface area contributed by atoms with E-state index in [1.807, 2.05) is 0 Å². The molecule has 29 heavy (non-hydrogen) atoms. The van der Waals surface area contributed by atoms with Crippen molar-refractivity contribution in [1.82, 2.24) is 19.6 Å². The Morgan fingerprint density at radius 1 is 1.41 bits per heavy atom. The van der Waals surface area contributed by atoms with Crippen LogP contribution in [0.15, 0.2) is 18.2 Å². The number of anilines is 1. The van der Waals surface area contributed by atoms with Gasteiger partial charge in [0.25, 0.3) is 5.91 Å². The normalized spacial score (nSPS) is 20.8. The average molecular weight is 424 g/mol. The van der Waals surface area contributed by atoms with Crippen LogP contribution in [0, 0.1) is 11.7 Å². The second kappa shape index (κ2) is 7.91. The third kappa shape index (κ3) is 3.83. The van der Waals surface area contributed by atoms with Gasteiger partial charge in [-0.2, -0.15) is 5.10 Å². The first-order valence-electron chi connectivity index (χ1n) is 9.46. The first-order chi connectivity index (χ1) is 13.9. The summed E-state index contributed by atoms with van der Waals surface area (Å²) in [6, 6.07) is 4.14. The Bertz CT molecular complexity index is 937. The van der Waals surface area contributed by atoms with Crippen LogP contribution >= 0.6 is 11.6 Å². The molecular weight excluding hydrogens is 401 g/mol. The third-order valence-electron chi connectivity index (χ3n) is 5.46. The predicted molar refractivity (Wildman–Crippen MR) is 105 cm³/mol. The maximum atomic E-state index is 13.3. The van der Waals surface area contributed by atoms with Crippen molar-refractivity contribution in [2.45, 2.75) is 25.9 Å². The molecule has 2 aliphatic rings. The molecule has 1 aromatic carbocycles. The van der Waals surface area contributed by atoms with Crippen LogP contribution in [0.2, 0.25) is 5.02 Å². The van der Waals surface area contributed by atoms with E-state index in [1.54, 1.807) is 21.5 Å². The van der Waals surface area contributed by atoms with E-state index in [4.69, 9.17) is 11.6 Å². The van der Waals surface area contributed by atoms with Gasteiger partial charge in [0, 0.05) is 63.4 Å². The van der Waals surface area contributed by atoms with Gasteiger partial charge in [-0.15, -0.1) is 0 Å². The number of carbonyl (C=O) groups is 1. The maximum absolute atomic E-state index is 13.3. The van der Waals surface area contributed by atoms with E-state index >= 15 is 0 Å². The largest absolute Gasteiger partial charge is 0.396 e. The first kappa shape index (κ1) is 20.1. The molecule has 2 aromatic rings. The van der Waals surface area contributed by atoms with Gasteiger partial charge < -0.3 is 20.4 Å². The van der Waals surface area contributed by atoms with Crippen LogP contribution in [0.4, 0.5) is 10.1 Å². The molecule has 1 amide bonds. The highest BCUT2D eigenvalue weighted by atomic mass is 35.5. The highest BCUT2D eigenvalue weighted by Crippen LogP contribution is 2.28. The number of nitrogens with zero attached hydrogens (tertiary/aromatic N) is 4. The second-order valence-corrected chi connectivity index (χ2v) is 7.96. The minimum atomic E-state index is -1.04. The van der Waals surface area contributed by atoms with Gasteiger partial charge in [0.15, 0.2) is 6.35 Å². The number of aliphatic hydroxyl groups excluding tert-OH is 2. The van der Waals surface area contributed by atoms with Gasteiger partial charge >= 0.3 is 0 Å². The summed E-state index contributed by atoms with van der Waals surface area (Å²) in [4.78, 5) is 16.3. The molecule has 3 heterocycles. The zero-order valence-corrected chi connectivity index (χ0v) is 16.7. The lowest BCUT2D eigenvalue weighted by Gasteiger charge is -2.32. The van der Waals surface area contributed by atoms with Crippen molar-refractivity contribution in [3.63, 3.8) is 0 Å². The monoisotopic (exact) mass is 423 g/mol. The Labute approximate surface area is 172 Å². The molecule has 2 atom stereocenters. The van der Waals surface area contributed by atoms with Gasteiger partial charge in [-0.05, 0) is 18.2 Å². The number of aromatic nitrogens is 2. The van der Waals surface area contributed by atoms with Crippen LogP contribution in [0.5, 0.6) is 0 Å². The Morgan fingerprint density at radius 2 is 2.21 bits per heavy atom. The quantitative estimate of drug-likeness (QED) is 0.638. The molecule has 8 nitrogen and oxygen atoms in total. The van der Waals surface area contributed by atoms with Crippen LogP contribution in [-0.4, -0.2) is 68.8 Å². The van der Waals surface area contributed by atoms with Crippen LogP contribution in [0.3, 0.4) is 0 Å².